The number of aromatic nitrogens is 1. The molecule has 0 aliphatic carbocycles. The molecule has 0 saturated carbocycles. The number of fused-ring (bicyclic) bond motifs is 1. The molecule has 1 aromatic heterocycles. The van der Waals surface area contributed by atoms with E-state index in [0.29, 0.717) is 16.1 Å². The average Bonchev–Trinajstić information content (AvgIpc) is 2.38. The first-order valence-corrected chi connectivity index (χ1v) is 5.33. The van der Waals surface area contributed by atoms with E-state index >= 15 is 0 Å². The lowest BCUT2D eigenvalue weighted by atomic mass is 10.0. The number of rotatable bonds is 2. The third-order valence-corrected chi connectivity index (χ3v) is 2.80. The fraction of sp³-hybridized carbons (Fsp3) is 0.0769. The van der Waals surface area contributed by atoms with Crippen molar-refractivity contribution in [3.63, 3.8) is 0 Å². The molecule has 0 aliphatic rings. The summed E-state index contributed by atoms with van der Waals surface area (Å²) in [4.78, 5) is 15.7. The van der Waals surface area contributed by atoms with E-state index in [0.717, 1.165) is 5.39 Å². The monoisotopic (exact) mass is 247 g/mol. The number of hydrogen-bond acceptors (Lipinski definition) is 3. The number of nitrogens with zero attached hydrogens (tertiary/aromatic N) is 1. The maximum absolute atomic E-state index is 11.5. The Morgan fingerprint density at radius 3 is 2.88 bits per heavy atom. The maximum atomic E-state index is 11.5. The van der Waals surface area contributed by atoms with Crippen LogP contribution in [0.5, 0.6) is 0 Å². The van der Waals surface area contributed by atoms with Crippen molar-refractivity contribution in [2.24, 2.45) is 0 Å². The topological polar surface area (TPSA) is 39.2 Å². The number of esters is 1. The summed E-state index contributed by atoms with van der Waals surface area (Å²) >= 11 is 6.06. The maximum Gasteiger partial charge on any atom is 0.337 e. The molecule has 0 fully saturated rings. The zero-order valence-electron chi connectivity index (χ0n) is 9.24. The van der Waals surface area contributed by atoms with Crippen molar-refractivity contribution in [1.29, 1.82) is 0 Å². The molecule has 0 unspecified atom stereocenters. The first-order chi connectivity index (χ1) is 8.15. The Bertz CT molecular complexity index is 607. The van der Waals surface area contributed by atoms with Crippen LogP contribution in [0.3, 0.4) is 0 Å². The number of halogens is 1. The van der Waals surface area contributed by atoms with Crippen molar-refractivity contribution >= 4 is 34.0 Å². The van der Waals surface area contributed by atoms with E-state index in [2.05, 4.69) is 16.3 Å². The number of carbonyl (C=O) groups is 1. The van der Waals surface area contributed by atoms with E-state index in [1.54, 1.807) is 24.4 Å². The molecule has 0 spiro atoms. The van der Waals surface area contributed by atoms with Gasteiger partial charge in [-0.05, 0) is 18.2 Å². The number of pyridine rings is 1. The summed E-state index contributed by atoms with van der Waals surface area (Å²) in [6.07, 6.45) is 1.65. The third-order valence-electron chi connectivity index (χ3n) is 2.47. The van der Waals surface area contributed by atoms with Crippen molar-refractivity contribution < 1.29 is 9.53 Å². The highest BCUT2D eigenvalue weighted by atomic mass is 35.5. The quantitative estimate of drug-likeness (QED) is 0.605. The zero-order chi connectivity index (χ0) is 12.4. The van der Waals surface area contributed by atoms with Gasteiger partial charge in [-0.15, -0.1) is 0 Å². The molecule has 2 rings (SSSR count). The summed E-state index contributed by atoms with van der Waals surface area (Å²) in [6, 6.07) is 7.07. The Labute approximate surface area is 104 Å². The Kier molecular flexibility index (Phi) is 3.11. The van der Waals surface area contributed by atoms with Crippen LogP contribution in [0.1, 0.15) is 5.56 Å². The fourth-order valence-electron chi connectivity index (χ4n) is 1.61. The van der Waals surface area contributed by atoms with Crippen LogP contribution in [0.4, 0.5) is 0 Å². The normalized spacial score (nSPS) is 10.2. The van der Waals surface area contributed by atoms with Crippen LogP contribution >= 0.6 is 11.6 Å². The highest BCUT2D eigenvalue weighted by Crippen LogP contribution is 2.28. The molecule has 0 amide bonds. The molecule has 0 aliphatic heterocycles. The highest BCUT2D eigenvalue weighted by molar-refractivity contribution is 6.36. The lowest BCUT2D eigenvalue weighted by molar-refractivity contribution is -0.133. The van der Waals surface area contributed by atoms with Gasteiger partial charge in [-0.2, -0.15) is 0 Å². The molecule has 0 N–H and O–H groups in total. The summed E-state index contributed by atoms with van der Waals surface area (Å²) in [6.45, 7) is 3.72. The van der Waals surface area contributed by atoms with Gasteiger partial charge in [0.2, 0.25) is 0 Å². The third kappa shape index (κ3) is 2.01. The van der Waals surface area contributed by atoms with E-state index in [9.17, 15) is 4.79 Å². The second-order valence-electron chi connectivity index (χ2n) is 3.46. The van der Waals surface area contributed by atoms with Crippen LogP contribution in [0.15, 0.2) is 37.0 Å². The first kappa shape index (κ1) is 11.6. The molecule has 86 valence electrons. The van der Waals surface area contributed by atoms with Gasteiger partial charge in [-0.1, -0.05) is 24.2 Å². The van der Waals surface area contributed by atoms with Crippen LogP contribution < -0.4 is 0 Å². The highest BCUT2D eigenvalue weighted by Gasteiger charge is 2.14. The predicted octanol–water partition coefficient (Wildman–Crippen LogP) is 3.07. The van der Waals surface area contributed by atoms with Gasteiger partial charge in [0.15, 0.2) is 0 Å². The van der Waals surface area contributed by atoms with Crippen molar-refractivity contribution in [2.45, 2.75) is 0 Å². The number of carbonyl (C=O) groups excluding carboxylic acids is 1. The SMILES string of the molecule is C=C(C(=O)OC)c1ccc(Cl)c2cccnc12. The largest absolute Gasteiger partial charge is 0.465 e. The second kappa shape index (κ2) is 4.55. The molecule has 17 heavy (non-hydrogen) atoms. The first-order valence-electron chi connectivity index (χ1n) is 4.96. The van der Waals surface area contributed by atoms with E-state index in [1.165, 1.54) is 7.11 Å². The summed E-state index contributed by atoms with van der Waals surface area (Å²) in [5.74, 6) is -0.473. The van der Waals surface area contributed by atoms with Gasteiger partial charge in [-0.3, -0.25) is 4.98 Å². The van der Waals surface area contributed by atoms with Crippen molar-refractivity contribution in [3.8, 4) is 0 Å². The van der Waals surface area contributed by atoms with E-state index < -0.39 is 5.97 Å². The van der Waals surface area contributed by atoms with Gasteiger partial charge < -0.3 is 4.74 Å². The van der Waals surface area contributed by atoms with Gasteiger partial charge in [0.1, 0.15) is 0 Å². The molecular weight excluding hydrogens is 238 g/mol. The molecule has 0 atom stereocenters. The lowest BCUT2D eigenvalue weighted by Crippen LogP contribution is -2.03. The summed E-state index contributed by atoms with van der Waals surface area (Å²) in [5, 5.41) is 1.38. The van der Waals surface area contributed by atoms with Gasteiger partial charge in [-0.25, -0.2) is 4.79 Å². The molecule has 0 saturated heterocycles. The Morgan fingerprint density at radius 1 is 1.41 bits per heavy atom. The van der Waals surface area contributed by atoms with Gasteiger partial charge in [0.25, 0.3) is 0 Å². The Balaban J connectivity index is 2.67. The number of ether oxygens (including phenoxy) is 1. The van der Waals surface area contributed by atoms with E-state index in [-0.39, 0.29) is 5.57 Å². The molecule has 4 heteroatoms. The minimum Gasteiger partial charge on any atom is -0.465 e. The zero-order valence-corrected chi connectivity index (χ0v) is 9.99. The van der Waals surface area contributed by atoms with Crippen LogP contribution in [-0.4, -0.2) is 18.1 Å². The number of methoxy groups -OCH3 is 1. The molecule has 3 nitrogen and oxygen atoms in total. The number of hydrogen-bond donors (Lipinski definition) is 0. The van der Waals surface area contributed by atoms with E-state index in [4.69, 9.17) is 11.6 Å². The van der Waals surface area contributed by atoms with Gasteiger partial charge in [0.05, 0.1) is 23.2 Å². The summed E-state index contributed by atoms with van der Waals surface area (Å²) in [5.41, 5.74) is 1.56. The Hall–Kier alpha value is -1.87. The average molecular weight is 248 g/mol. The van der Waals surface area contributed by atoms with Crippen molar-refractivity contribution in [3.05, 3.63) is 47.6 Å². The van der Waals surface area contributed by atoms with Crippen LogP contribution in [0, 0.1) is 0 Å². The molecule has 2 aromatic rings. The van der Waals surface area contributed by atoms with E-state index in [1.807, 2.05) is 6.07 Å². The summed E-state index contributed by atoms with van der Waals surface area (Å²) < 4.78 is 4.65. The Morgan fingerprint density at radius 2 is 2.18 bits per heavy atom. The van der Waals surface area contributed by atoms with Crippen molar-refractivity contribution in [1.82, 2.24) is 4.98 Å². The standard InChI is InChI=1S/C13H10ClNO2/c1-8(13(16)17-2)9-5-6-11(14)10-4-3-7-15-12(9)10/h3-7H,1H2,2H3. The lowest BCUT2D eigenvalue weighted by Gasteiger charge is -2.08. The smallest absolute Gasteiger partial charge is 0.337 e. The van der Waals surface area contributed by atoms with Crippen LogP contribution in [-0.2, 0) is 9.53 Å². The van der Waals surface area contributed by atoms with Gasteiger partial charge >= 0.3 is 5.97 Å². The molecule has 1 aromatic carbocycles. The predicted molar refractivity (Wildman–Crippen MR) is 67.8 cm³/mol. The summed E-state index contributed by atoms with van der Waals surface area (Å²) in [7, 11) is 1.32. The van der Waals surface area contributed by atoms with Crippen LogP contribution in [0.25, 0.3) is 16.5 Å². The second-order valence-corrected chi connectivity index (χ2v) is 3.87. The van der Waals surface area contributed by atoms with Gasteiger partial charge in [0, 0.05) is 17.1 Å². The van der Waals surface area contributed by atoms with Crippen molar-refractivity contribution in [2.75, 3.05) is 7.11 Å². The minimum absolute atomic E-state index is 0.271. The number of benzene rings is 1. The fourth-order valence-corrected chi connectivity index (χ4v) is 1.83. The molecule has 1 heterocycles. The molecular formula is C13H10ClNO2. The molecule has 0 radical (unpaired) electrons. The molecule has 0 bridgehead atoms. The minimum atomic E-state index is -0.473. The van der Waals surface area contributed by atoms with Crippen LogP contribution in [0.2, 0.25) is 5.02 Å².